The van der Waals surface area contributed by atoms with Crippen LogP contribution in [0.4, 0.5) is 10.1 Å². The predicted molar refractivity (Wildman–Crippen MR) is 99.3 cm³/mol. The number of halogens is 1. The number of aromatic amines is 1. The van der Waals surface area contributed by atoms with Gasteiger partial charge in [0.2, 0.25) is 0 Å². The molecule has 0 radical (unpaired) electrons. The van der Waals surface area contributed by atoms with Gasteiger partial charge in [0.25, 0.3) is 11.5 Å². The molecule has 2 N–H and O–H groups in total. The fourth-order valence-corrected chi connectivity index (χ4v) is 3.52. The Kier molecular flexibility index (Phi) is 4.65. The van der Waals surface area contributed by atoms with Crippen LogP contribution in [0.2, 0.25) is 0 Å². The molecule has 1 saturated heterocycles. The Morgan fingerprint density at radius 3 is 2.52 bits per heavy atom. The summed E-state index contributed by atoms with van der Waals surface area (Å²) >= 11 is 0. The number of benzene rings is 1. The van der Waals surface area contributed by atoms with Crippen molar-refractivity contribution in [1.29, 1.82) is 0 Å². The average molecular weight is 371 g/mol. The molecule has 8 heteroatoms. The van der Waals surface area contributed by atoms with Crippen molar-refractivity contribution in [3.05, 3.63) is 58.5 Å². The summed E-state index contributed by atoms with van der Waals surface area (Å²) in [6.07, 6.45) is 3.10. The number of rotatable bonds is 5. The molecule has 2 fully saturated rings. The molecule has 1 aromatic carbocycles. The van der Waals surface area contributed by atoms with Gasteiger partial charge in [-0.15, -0.1) is 0 Å². The summed E-state index contributed by atoms with van der Waals surface area (Å²) in [5.41, 5.74) is 0.619. The van der Waals surface area contributed by atoms with E-state index >= 15 is 0 Å². The number of hydrogen-bond acceptors (Lipinski definition) is 5. The molecule has 2 aromatic rings. The molecule has 1 amide bonds. The molecule has 2 aliphatic rings. The number of piperazine rings is 1. The fraction of sp³-hybridized carbons (Fsp3) is 0.421. The van der Waals surface area contributed by atoms with Crippen LogP contribution in [0, 0.1) is 5.82 Å². The second-order valence-corrected chi connectivity index (χ2v) is 7.27. The van der Waals surface area contributed by atoms with Gasteiger partial charge < -0.3 is 15.2 Å². The Morgan fingerprint density at radius 1 is 1.19 bits per heavy atom. The van der Waals surface area contributed by atoms with Crippen molar-refractivity contribution in [3.8, 4) is 0 Å². The second-order valence-electron chi connectivity index (χ2n) is 7.27. The topological polar surface area (TPSA) is 81.3 Å². The molecule has 1 aromatic heterocycles. The molecule has 1 saturated carbocycles. The maximum atomic E-state index is 13.1. The van der Waals surface area contributed by atoms with E-state index in [1.807, 2.05) is 12.1 Å². The van der Waals surface area contributed by atoms with Crippen LogP contribution in [0.5, 0.6) is 0 Å². The molecule has 0 bridgehead atoms. The summed E-state index contributed by atoms with van der Waals surface area (Å²) in [6.45, 7) is 4.30. The predicted octanol–water partition coefficient (Wildman–Crippen LogP) is 0.994. The third-order valence-corrected chi connectivity index (χ3v) is 5.23. The maximum Gasteiger partial charge on any atom is 0.270 e. The highest BCUT2D eigenvalue weighted by atomic mass is 19.1. The van der Waals surface area contributed by atoms with Gasteiger partial charge in [0.05, 0.1) is 11.9 Å². The fourth-order valence-electron chi connectivity index (χ4n) is 3.52. The van der Waals surface area contributed by atoms with Crippen molar-refractivity contribution in [3.63, 3.8) is 0 Å². The van der Waals surface area contributed by atoms with Crippen LogP contribution in [0.15, 0.2) is 41.5 Å². The number of hydrogen-bond donors (Lipinski definition) is 2. The average Bonchev–Trinajstić information content (AvgIpc) is 3.42. The summed E-state index contributed by atoms with van der Waals surface area (Å²) in [5.74, 6) is -0.526. The first-order chi connectivity index (χ1) is 13.0. The van der Waals surface area contributed by atoms with Gasteiger partial charge in [-0.2, -0.15) is 0 Å². The summed E-state index contributed by atoms with van der Waals surface area (Å²) in [7, 11) is 0. The van der Waals surface area contributed by atoms with Crippen molar-refractivity contribution in [2.45, 2.75) is 18.4 Å². The van der Waals surface area contributed by atoms with E-state index in [1.54, 1.807) is 0 Å². The third-order valence-electron chi connectivity index (χ3n) is 5.23. The molecular formula is C19H22FN5O2. The third kappa shape index (κ3) is 4.16. The Labute approximate surface area is 156 Å². The highest BCUT2D eigenvalue weighted by Crippen LogP contribution is 2.36. The van der Waals surface area contributed by atoms with Crippen molar-refractivity contribution < 1.29 is 9.18 Å². The van der Waals surface area contributed by atoms with Gasteiger partial charge in [-0.3, -0.25) is 14.5 Å². The van der Waals surface area contributed by atoms with E-state index < -0.39 is 0 Å². The van der Waals surface area contributed by atoms with E-state index in [9.17, 15) is 14.0 Å². The van der Waals surface area contributed by atoms with Crippen LogP contribution >= 0.6 is 0 Å². The van der Waals surface area contributed by atoms with Gasteiger partial charge in [-0.1, -0.05) is 0 Å². The molecule has 2 heterocycles. The maximum absolute atomic E-state index is 13.1. The van der Waals surface area contributed by atoms with Gasteiger partial charge in [0.1, 0.15) is 11.5 Å². The SMILES string of the molecule is O=C(NC1(CN2CCN(c3ccc(F)cc3)CC2)CC1)c1cc(=O)[nH]cn1. The minimum absolute atomic E-state index is 0.145. The van der Waals surface area contributed by atoms with Crippen molar-refractivity contribution in [1.82, 2.24) is 20.2 Å². The first-order valence-electron chi connectivity index (χ1n) is 9.13. The van der Waals surface area contributed by atoms with Crippen LogP contribution in [-0.4, -0.2) is 59.0 Å². The molecule has 0 spiro atoms. The monoisotopic (exact) mass is 371 g/mol. The van der Waals surface area contributed by atoms with E-state index in [0.717, 1.165) is 51.3 Å². The summed E-state index contributed by atoms with van der Waals surface area (Å²) in [4.78, 5) is 34.7. The number of amides is 1. The van der Waals surface area contributed by atoms with Crippen LogP contribution in [0.25, 0.3) is 0 Å². The standard InChI is InChI=1S/C19H22FN5O2/c20-14-1-3-15(4-2-14)25-9-7-24(8-10-25)12-19(5-6-19)23-18(27)16-11-17(26)22-13-21-16/h1-4,11,13H,5-10,12H2,(H,23,27)(H,21,22,26). The smallest absolute Gasteiger partial charge is 0.270 e. The molecule has 1 aliphatic heterocycles. The number of carbonyl (C=O) groups is 1. The number of H-pyrrole nitrogens is 1. The zero-order valence-corrected chi connectivity index (χ0v) is 14.9. The minimum Gasteiger partial charge on any atom is -0.369 e. The molecule has 4 rings (SSSR count). The molecule has 7 nitrogen and oxygen atoms in total. The van der Waals surface area contributed by atoms with E-state index in [4.69, 9.17) is 0 Å². The van der Waals surface area contributed by atoms with Gasteiger partial charge in [-0.05, 0) is 37.1 Å². The first kappa shape index (κ1) is 17.7. The molecule has 142 valence electrons. The van der Waals surface area contributed by atoms with Crippen LogP contribution in [-0.2, 0) is 0 Å². The van der Waals surface area contributed by atoms with Crippen LogP contribution in [0.3, 0.4) is 0 Å². The van der Waals surface area contributed by atoms with Gasteiger partial charge >= 0.3 is 0 Å². The Balaban J connectivity index is 1.31. The van der Waals surface area contributed by atoms with Crippen LogP contribution < -0.4 is 15.8 Å². The van der Waals surface area contributed by atoms with Gasteiger partial charge in [0, 0.05) is 44.5 Å². The number of nitrogens with one attached hydrogen (secondary N) is 2. The van der Waals surface area contributed by atoms with E-state index in [2.05, 4.69) is 25.1 Å². The number of anilines is 1. The Bertz CT molecular complexity index is 870. The van der Waals surface area contributed by atoms with Gasteiger partial charge in [0.15, 0.2) is 0 Å². The zero-order chi connectivity index (χ0) is 18.9. The summed E-state index contributed by atoms with van der Waals surface area (Å²) in [5, 5.41) is 3.06. The van der Waals surface area contributed by atoms with E-state index in [0.29, 0.717) is 0 Å². The second kappa shape index (κ2) is 7.11. The molecule has 0 unspecified atom stereocenters. The highest BCUT2D eigenvalue weighted by Gasteiger charge is 2.45. The lowest BCUT2D eigenvalue weighted by atomic mass is 10.2. The number of carbonyl (C=O) groups excluding carboxylic acids is 1. The summed E-state index contributed by atoms with van der Waals surface area (Å²) < 4.78 is 13.1. The highest BCUT2D eigenvalue weighted by molar-refractivity contribution is 5.92. The number of nitrogens with zero attached hydrogens (tertiary/aromatic N) is 3. The molecule has 27 heavy (non-hydrogen) atoms. The Hall–Kier alpha value is -2.74. The lowest BCUT2D eigenvalue weighted by Gasteiger charge is -2.38. The van der Waals surface area contributed by atoms with Crippen molar-refractivity contribution in [2.24, 2.45) is 0 Å². The lowest BCUT2D eigenvalue weighted by Crippen LogP contribution is -2.52. The van der Waals surface area contributed by atoms with Gasteiger partial charge in [-0.25, -0.2) is 9.37 Å². The Morgan fingerprint density at radius 2 is 1.89 bits per heavy atom. The summed E-state index contributed by atoms with van der Waals surface area (Å²) in [6, 6.07) is 7.80. The quantitative estimate of drug-likeness (QED) is 0.819. The molecular weight excluding hydrogens is 349 g/mol. The largest absolute Gasteiger partial charge is 0.369 e. The normalized spacial score (nSPS) is 18.9. The first-order valence-corrected chi connectivity index (χ1v) is 9.13. The molecule has 1 aliphatic carbocycles. The minimum atomic E-state index is -0.336. The van der Waals surface area contributed by atoms with E-state index in [-0.39, 0.29) is 28.5 Å². The van der Waals surface area contributed by atoms with Crippen molar-refractivity contribution >= 4 is 11.6 Å². The van der Waals surface area contributed by atoms with E-state index in [1.165, 1.54) is 24.5 Å². The number of aromatic nitrogens is 2. The molecule has 0 atom stereocenters. The lowest BCUT2D eigenvalue weighted by molar-refractivity contribution is 0.0909. The van der Waals surface area contributed by atoms with Crippen molar-refractivity contribution in [2.75, 3.05) is 37.6 Å². The zero-order valence-electron chi connectivity index (χ0n) is 14.9. The van der Waals surface area contributed by atoms with Crippen LogP contribution in [0.1, 0.15) is 23.3 Å².